The van der Waals surface area contributed by atoms with Gasteiger partial charge in [-0.15, -0.1) is 11.3 Å². The predicted molar refractivity (Wildman–Crippen MR) is 107 cm³/mol. The van der Waals surface area contributed by atoms with Crippen LogP contribution in [0.1, 0.15) is 12.6 Å². The molecule has 0 fully saturated rings. The SMILES string of the molecule is COc1ccc(-c2nc(CCNC(=O)[C@H](C)Oc3ccc(F)cc3)cs2)cc1. The van der Waals surface area contributed by atoms with Crippen molar-refractivity contribution in [1.82, 2.24) is 10.3 Å². The zero-order valence-electron chi connectivity index (χ0n) is 15.6. The first-order chi connectivity index (χ1) is 13.5. The van der Waals surface area contributed by atoms with Crippen LogP contribution in [-0.4, -0.2) is 30.6 Å². The first-order valence-electron chi connectivity index (χ1n) is 8.84. The molecule has 1 N–H and O–H groups in total. The van der Waals surface area contributed by atoms with E-state index >= 15 is 0 Å². The van der Waals surface area contributed by atoms with E-state index in [1.165, 1.54) is 24.3 Å². The van der Waals surface area contributed by atoms with Crippen molar-refractivity contribution in [3.63, 3.8) is 0 Å². The highest BCUT2D eigenvalue weighted by molar-refractivity contribution is 7.13. The topological polar surface area (TPSA) is 60.5 Å². The van der Waals surface area contributed by atoms with Gasteiger partial charge >= 0.3 is 0 Å². The Morgan fingerprint density at radius 3 is 2.50 bits per heavy atom. The number of nitrogens with one attached hydrogen (secondary N) is 1. The Morgan fingerprint density at radius 2 is 1.82 bits per heavy atom. The van der Waals surface area contributed by atoms with Crippen LogP contribution in [0, 0.1) is 5.82 Å². The number of nitrogens with zero attached hydrogens (tertiary/aromatic N) is 1. The smallest absolute Gasteiger partial charge is 0.260 e. The predicted octanol–water partition coefficient (Wildman–Crippen LogP) is 4.08. The molecule has 3 rings (SSSR count). The number of ether oxygens (including phenoxy) is 2. The first-order valence-corrected chi connectivity index (χ1v) is 9.72. The Morgan fingerprint density at radius 1 is 1.14 bits per heavy atom. The summed E-state index contributed by atoms with van der Waals surface area (Å²) in [6.45, 7) is 2.12. The van der Waals surface area contributed by atoms with Gasteiger partial charge in [0.25, 0.3) is 5.91 Å². The molecule has 5 nitrogen and oxygen atoms in total. The maximum atomic E-state index is 12.9. The van der Waals surface area contributed by atoms with E-state index in [-0.39, 0.29) is 11.7 Å². The lowest BCUT2D eigenvalue weighted by Gasteiger charge is -2.14. The lowest BCUT2D eigenvalue weighted by atomic mass is 10.2. The zero-order chi connectivity index (χ0) is 19.9. The van der Waals surface area contributed by atoms with Crippen LogP contribution in [0.3, 0.4) is 0 Å². The number of carbonyl (C=O) groups excluding carboxylic acids is 1. The fraction of sp³-hybridized carbons (Fsp3) is 0.238. The summed E-state index contributed by atoms with van der Waals surface area (Å²) in [5, 5.41) is 5.75. The van der Waals surface area contributed by atoms with Crippen molar-refractivity contribution in [3.05, 3.63) is 65.4 Å². The highest BCUT2D eigenvalue weighted by Crippen LogP contribution is 2.25. The van der Waals surface area contributed by atoms with E-state index in [1.807, 2.05) is 29.6 Å². The highest BCUT2D eigenvalue weighted by Gasteiger charge is 2.14. The Labute approximate surface area is 167 Å². The fourth-order valence-corrected chi connectivity index (χ4v) is 3.38. The van der Waals surface area contributed by atoms with Crippen LogP contribution in [0.4, 0.5) is 4.39 Å². The molecule has 1 amide bonds. The number of hydrogen-bond donors (Lipinski definition) is 1. The zero-order valence-corrected chi connectivity index (χ0v) is 16.5. The van der Waals surface area contributed by atoms with Crippen molar-refractivity contribution >= 4 is 17.2 Å². The van der Waals surface area contributed by atoms with E-state index in [4.69, 9.17) is 9.47 Å². The number of amides is 1. The molecule has 0 aliphatic carbocycles. The number of methoxy groups -OCH3 is 1. The molecule has 146 valence electrons. The molecular weight excluding hydrogens is 379 g/mol. The Balaban J connectivity index is 1.47. The third-order valence-electron chi connectivity index (χ3n) is 4.06. The van der Waals surface area contributed by atoms with Crippen molar-refractivity contribution in [2.45, 2.75) is 19.4 Å². The molecule has 0 aliphatic rings. The Hall–Kier alpha value is -2.93. The molecule has 2 aromatic carbocycles. The average molecular weight is 400 g/mol. The van der Waals surface area contributed by atoms with E-state index in [1.54, 1.807) is 25.4 Å². The third kappa shape index (κ3) is 5.29. The lowest BCUT2D eigenvalue weighted by molar-refractivity contribution is -0.127. The van der Waals surface area contributed by atoms with Gasteiger partial charge in [0.05, 0.1) is 12.8 Å². The van der Waals surface area contributed by atoms with Crippen molar-refractivity contribution in [2.24, 2.45) is 0 Å². The monoisotopic (exact) mass is 400 g/mol. The number of halogens is 1. The van der Waals surface area contributed by atoms with E-state index in [2.05, 4.69) is 10.3 Å². The summed E-state index contributed by atoms with van der Waals surface area (Å²) in [6.07, 6.45) is -0.0439. The fourth-order valence-electron chi connectivity index (χ4n) is 2.52. The van der Waals surface area contributed by atoms with E-state index in [0.717, 1.165) is 22.0 Å². The molecule has 7 heteroatoms. The van der Waals surface area contributed by atoms with Crippen LogP contribution in [0.2, 0.25) is 0 Å². The Kier molecular flexibility index (Phi) is 6.60. The van der Waals surface area contributed by atoms with Gasteiger partial charge in [0.2, 0.25) is 0 Å². The van der Waals surface area contributed by atoms with Gasteiger partial charge < -0.3 is 14.8 Å². The number of rotatable bonds is 8. The minimum absolute atomic E-state index is 0.227. The lowest BCUT2D eigenvalue weighted by Crippen LogP contribution is -2.37. The van der Waals surface area contributed by atoms with E-state index < -0.39 is 6.10 Å². The number of hydrogen-bond acceptors (Lipinski definition) is 5. The summed E-state index contributed by atoms with van der Waals surface area (Å²) in [6, 6.07) is 13.3. The van der Waals surface area contributed by atoms with Crippen LogP contribution < -0.4 is 14.8 Å². The largest absolute Gasteiger partial charge is 0.497 e. The molecule has 1 aromatic heterocycles. The summed E-state index contributed by atoms with van der Waals surface area (Å²) in [7, 11) is 1.64. The van der Waals surface area contributed by atoms with Gasteiger partial charge in [0.1, 0.15) is 22.3 Å². The van der Waals surface area contributed by atoms with Crippen LogP contribution in [0.25, 0.3) is 10.6 Å². The molecule has 1 heterocycles. The van der Waals surface area contributed by atoms with Crippen molar-refractivity contribution < 1.29 is 18.7 Å². The first kappa shape index (κ1) is 19.8. The van der Waals surface area contributed by atoms with Crippen molar-refractivity contribution in [3.8, 4) is 22.1 Å². The summed E-state index contributed by atoms with van der Waals surface area (Å²) >= 11 is 1.56. The number of aromatic nitrogens is 1. The summed E-state index contributed by atoms with van der Waals surface area (Å²) < 4.78 is 23.6. The third-order valence-corrected chi connectivity index (χ3v) is 5.00. The standard InChI is InChI=1S/C21H21FN2O3S/c1-14(27-19-9-5-16(22)6-10-19)20(25)23-12-11-17-13-28-21(24-17)15-3-7-18(26-2)8-4-15/h3-10,13-14H,11-12H2,1-2H3,(H,23,25)/t14-/m0/s1. The maximum absolute atomic E-state index is 12.9. The van der Waals surface area contributed by atoms with Gasteiger partial charge in [-0.3, -0.25) is 4.79 Å². The molecule has 1 atom stereocenters. The van der Waals surface area contributed by atoms with Crippen LogP contribution in [-0.2, 0) is 11.2 Å². The van der Waals surface area contributed by atoms with Crippen LogP contribution in [0.15, 0.2) is 53.9 Å². The average Bonchev–Trinajstić information content (AvgIpc) is 3.18. The number of thiazole rings is 1. The van der Waals surface area contributed by atoms with Gasteiger partial charge in [0.15, 0.2) is 6.10 Å². The molecule has 0 radical (unpaired) electrons. The van der Waals surface area contributed by atoms with Crippen LogP contribution in [0.5, 0.6) is 11.5 Å². The van der Waals surface area contributed by atoms with Gasteiger partial charge in [-0.2, -0.15) is 0 Å². The van der Waals surface area contributed by atoms with E-state index in [0.29, 0.717) is 18.7 Å². The minimum Gasteiger partial charge on any atom is -0.497 e. The quantitative estimate of drug-likeness (QED) is 0.619. The van der Waals surface area contributed by atoms with Gasteiger partial charge in [-0.25, -0.2) is 9.37 Å². The number of carbonyl (C=O) groups is 1. The highest BCUT2D eigenvalue weighted by atomic mass is 32.1. The van der Waals surface area contributed by atoms with Crippen LogP contribution >= 0.6 is 11.3 Å². The molecule has 0 bridgehead atoms. The molecule has 0 saturated heterocycles. The normalized spacial score (nSPS) is 11.7. The summed E-state index contributed by atoms with van der Waals surface area (Å²) in [5.41, 5.74) is 1.95. The molecule has 0 spiro atoms. The second kappa shape index (κ2) is 9.32. The van der Waals surface area contributed by atoms with Gasteiger partial charge in [0, 0.05) is 23.9 Å². The summed E-state index contributed by atoms with van der Waals surface area (Å²) in [4.78, 5) is 16.8. The molecule has 0 aliphatic heterocycles. The molecular formula is C21H21FN2O3S. The second-order valence-electron chi connectivity index (χ2n) is 6.13. The minimum atomic E-state index is -0.671. The second-order valence-corrected chi connectivity index (χ2v) is 6.99. The molecule has 3 aromatic rings. The Bertz CT molecular complexity index is 910. The summed E-state index contributed by atoms with van der Waals surface area (Å²) in [5.74, 6) is 0.685. The molecule has 0 saturated carbocycles. The molecule has 28 heavy (non-hydrogen) atoms. The van der Waals surface area contributed by atoms with Crippen molar-refractivity contribution in [2.75, 3.05) is 13.7 Å². The molecule has 0 unspecified atom stereocenters. The van der Waals surface area contributed by atoms with Gasteiger partial charge in [-0.05, 0) is 55.5 Å². The van der Waals surface area contributed by atoms with E-state index in [9.17, 15) is 9.18 Å². The number of benzene rings is 2. The van der Waals surface area contributed by atoms with Gasteiger partial charge in [-0.1, -0.05) is 0 Å². The maximum Gasteiger partial charge on any atom is 0.260 e. The van der Waals surface area contributed by atoms with Crippen molar-refractivity contribution in [1.29, 1.82) is 0 Å².